The molecule has 0 aliphatic heterocycles. The first-order chi connectivity index (χ1) is 12.0. The smallest absolute Gasteiger partial charge is 0.251 e. The summed E-state index contributed by atoms with van der Waals surface area (Å²) in [5.41, 5.74) is 4.27. The summed E-state index contributed by atoms with van der Waals surface area (Å²) in [5, 5.41) is 7.99. The highest BCUT2D eigenvalue weighted by Gasteiger charge is 2.10. The van der Waals surface area contributed by atoms with E-state index in [1.54, 1.807) is 6.20 Å². The molecule has 0 bridgehead atoms. The lowest BCUT2D eigenvalue weighted by Gasteiger charge is -2.07. The van der Waals surface area contributed by atoms with Crippen LogP contribution in [0, 0.1) is 13.8 Å². The molecule has 1 aromatic carbocycles. The molecule has 0 spiro atoms. The zero-order chi connectivity index (χ0) is 17.8. The van der Waals surface area contributed by atoms with Crippen molar-refractivity contribution in [1.29, 1.82) is 0 Å². The molecule has 128 valence electrons. The van der Waals surface area contributed by atoms with Crippen LogP contribution in [-0.2, 0) is 13.1 Å². The van der Waals surface area contributed by atoms with Crippen LogP contribution in [0.25, 0.3) is 0 Å². The van der Waals surface area contributed by atoms with Crippen molar-refractivity contribution in [2.45, 2.75) is 26.9 Å². The number of aryl methyl sites for hydroxylation is 1. The number of nitrogens with zero attached hydrogens (tertiary/aromatic N) is 3. The van der Waals surface area contributed by atoms with Crippen LogP contribution in [0.1, 0.15) is 33.0 Å². The van der Waals surface area contributed by atoms with Gasteiger partial charge in [-0.05, 0) is 43.7 Å². The number of nitrogens with one attached hydrogen (secondary N) is 1. The molecule has 0 saturated heterocycles. The van der Waals surface area contributed by atoms with Crippen molar-refractivity contribution in [2.24, 2.45) is 0 Å². The molecule has 2 aromatic heterocycles. The Morgan fingerprint density at radius 1 is 1.16 bits per heavy atom. The summed E-state index contributed by atoms with van der Waals surface area (Å²) in [4.78, 5) is 16.4. The van der Waals surface area contributed by atoms with Crippen LogP contribution in [0.3, 0.4) is 0 Å². The van der Waals surface area contributed by atoms with Gasteiger partial charge >= 0.3 is 0 Å². The largest absolute Gasteiger partial charge is 0.346 e. The van der Waals surface area contributed by atoms with E-state index in [2.05, 4.69) is 15.4 Å². The predicted molar refractivity (Wildman–Crippen MR) is 97.7 cm³/mol. The monoisotopic (exact) mass is 354 g/mol. The number of hydrogen-bond acceptors (Lipinski definition) is 3. The molecule has 0 aliphatic carbocycles. The van der Waals surface area contributed by atoms with Gasteiger partial charge in [-0.3, -0.25) is 14.5 Å². The summed E-state index contributed by atoms with van der Waals surface area (Å²) in [6.07, 6.45) is 1.71. The third-order valence-corrected chi connectivity index (χ3v) is 4.54. The summed E-state index contributed by atoms with van der Waals surface area (Å²) in [6, 6.07) is 13.1. The number of rotatable bonds is 5. The van der Waals surface area contributed by atoms with Crippen LogP contribution >= 0.6 is 11.6 Å². The Bertz CT molecular complexity index is 872. The fraction of sp³-hybridized carbons (Fsp3) is 0.211. The van der Waals surface area contributed by atoms with Crippen molar-refractivity contribution in [3.05, 3.63) is 81.9 Å². The average molecular weight is 355 g/mol. The summed E-state index contributed by atoms with van der Waals surface area (Å²) in [6.45, 7) is 4.86. The highest BCUT2D eigenvalue weighted by Crippen LogP contribution is 2.20. The van der Waals surface area contributed by atoms with E-state index in [9.17, 15) is 4.79 Å². The number of carbonyl (C=O) groups is 1. The van der Waals surface area contributed by atoms with Crippen molar-refractivity contribution in [3.63, 3.8) is 0 Å². The Balaban J connectivity index is 1.63. The Morgan fingerprint density at radius 3 is 2.52 bits per heavy atom. The molecule has 0 fully saturated rings. The van der Waals surface area contributed by atoms with Gasteiger partial charge in [0, 0.05) is 11.8 Å². The molecule has 1 N–H and O–H groups in total. The maximum Gasteiger partial charge on any atom is 0.251 e. The van der Waals surface area contributed by atoms with Gasteiger partial charge in [0.1, 0.15) is 0 Å². The normalized spacial score (nSPS) is 10.7. The average Bonchev–Trinajstić information content (AvgIpc) is 2.88. The van der Waals surface area contributed by atoms with Gasteiger partial charge in [-0.1, -0.05) is 29.8 Å². The van der Waals surface area contributed by atoms with E-state index in [4.69, 9.17) is 11.6 Å². The number of aromatic nitrogens is 3. The van der Waals surface area contributed by atoms with Crippen LogP contribution in [0.5, 0.6) is 0 Å². The van der Waals surface area contributed by atoms with Crippen LogP contribution in [0.4, 0.5) is 0 Å². The number of benzene rings is 1. The van der Waals surface area contributed by atoms with E-state index in [0.717, 1.165) is 22.6 Å². The number of hydrogen-bond donors (Lipinski definition) is 1. The zero-order valence-electron chi connectivity index (χ0n) is 14.2. The van der Waals surface area contributed by atoms with Gasteiger partial charge in [-0.25, -0.2) is 0 Å². The van der Waals surface area contributed by atoms with Crippen LogP contribution < -0.4 is 5.32 Å². The lowest BCUT2D eigenvalue weighted by atomic mass is 10.1. The minimum atomic E-state index is -0.119. The zero-order valence-corrected chi connectivity index (χ0v) is 14.9. The van der Waals surface area contributed by atoms with E-state index in [1.807, 2.05) is 61.0 Å². The Hall–Kier alpha value is -2.66. The maximum atomic E-state index is 12.2. The molecular weight excluding hydrogens is 336 g/mol. The van der Waals surface area contributed by atoms with Gasteiger partial charge in [0.2, 0.25) is 0 Å². The third kappa shape index (κ3) is 4.06. The van der Waals surface area contributed by atoms with Crippen molar-refractivity contribution in [3.8, 4) is 0 Å². The van der Waals surface area contributed by atoms with Crippen LogP contribution in [-0.4, -0.2) is 20.7 Å². The highest BCUT2D eigenvalue weighted by molar-refractivity contribution is 6.31. The molecule has 5 nitrogen and oxygen atoms in total. The fourth-order valence-corrected chi connectivity index (χ4v) is 2.67. The van der Waals surface area contributed by atoms with Crippen LogP contribution in [0.15, 0.2) is 48.7 Å². The second kappa shape index (κ2) is 7.49. The highest BCUT2D eigenvalue weighted by atomic mass is 35.5. The van der Waals surface area contributed by atoms with E-state index < -0.39 is 0 Å². The maximum absolute atomic E-state index is 12.2. The van der Waals surface area contributed by atoms with Crippen molar-refractivity contribution >= 4 is 17.5 Å². The van der Waals surface area contributed by atoms with Crippen molar-refractivity contribution in [2.75, 3.05) is 0 Å². The minimum Gasteiger partial charge on any atom is -0.346 e. The van der Waals surface area contributed by atoms with Crippen molar-refractivity contribution < 1.29 is 4.79 Å². The van der Waals surface area contributed by atoms with Crippen LogP contribution in [0.2, 0.25) is 5.02 Å². The second-order valence-corrected chi connectivity index (χ2v) is 6.22. The Morgan fingerprint density at radius 2 is 1.92 bits per heavy atom. The number of amides is 1. The predicted octanol–water partition coefficient (Wildman–Crippen LogP) is 3.53. The topological polar surface area (TPSA) is 59.8 Å². The van der Waals surface area contributed by atoms with E-state index in [-0.39, 0.29) is 5.91 Å². The molecular formula is C19H19ClN4O. The molecule has 1 amide bonds. The minimum absolute atomic E-state index is 0.119. The molecule has 25 heavy (non-hydrogen) atoms. The van der Waals surface area contributed by atoms with Gasteiger partial charge in [0.05, 0.1) is 35.2 Å². The number of carbonyl (C=O) groups excluding carboxylic acids is 1. The number of pyridine rings is 1. The number of halogens is 1. The third-order valence-electron chi connectivity index (χ3n) is 4.00. The molecule has 2 heterocycles. The van der Waals surface area contributed by atoms with Gasteiger partial charge in [0.15, 0.2) is 0 Å². The SMILES string of the molecule is Cc1nn(Cc2ccc(C(=O)NCc3ccccn3)cc2)c(C)c1Cl. The van der Waals surface area contributed by atoms with E-state index in [0.29, 0.717) is 23.7 Å². The van der Waals surface area contributed by atoms with Gasteiger partial charge < -0.3 is 5.32 Å². The quantitative estimate of drug-likeness (QED) is 0.762. The molecule has 0 unspecified atom stereocenters. The summed E-state index contributed by atoms with van der Waals surface area (Å²) >= 11 is 6.18. The Labute approximate surface area is 151 Å². The molecule has 0 radical (unpaired) electrons. The lowest BCUT2D eigenvalue weighted by molar-refractivity contribution is 0.0950. The van der Waals surface area contributed by atoms with Gasteiger partial charge in [0.25, 0.3) is 5.91 Å². The molecule has 0 saturated carbocycles. The molecule has 6 heteroatoms. The Kier molecular flexibility index (Phi) is 5.14. The van der Waals surface area contributed by atoms with Gasteiger partial charge in [-0.15, -0.1) is 0 Å². The molecule has 3 aromatic rings. The first-order valence-electron chi connectivity index (χ1n) is 8.01. The summed E-state index contributed by atoms with van der Waals surface area (Å²) in [5.74, 6) is -0.119. The first kappa shape index (κ1) is 17.2. The summed E-state index contributed by atoms with van der Waals surface area (Å²) in [7, 11) is 0. The molecule has 3 rings (SSSR count). The van der Waals surface area contributed by atoms with Gasteiger partial charge in [-0.2, -0.15) is 5.10 Å². The lowest BCUT2D eigenvalue weighted by Crippen LogP contribution is -2.23. The van der Waals surface area contributed by atoms with Crippen molar-refractivity contribution in [1.82, 2.24) is 20.1 Å². The first-order valence-corrected chi connectivity index (χ1v) is 8.39. The summed E-state index contributed by atoms with van der Waals surface area (Å²) < 4.78 is 1.87. The molecule has 0 aliphatic rings. The van der Waals surface area contributed by atoms with E-state index >= 15 is 0 Å². The standard InChI is InChI=1S/C19H19ClN4O/c1-13-18(20)14(2)24(23-13)12-15-6-8-16(9-7-15)19(25)22-11-17-5-3-4-10-21-17/h3-10H,11-12H2,1-2H3,(H,22,25). The fourth-order valence-electron chi connectivity index (χ4n) is 2.54. The van der Waals surface area contributed by atoms with E-state index in [1.165, 1.54) is 0 Å². The molecule has 0 atom stereocenters. The second-order valence-electron chi connectivity index (χ2n) is 5.84.